The zero-order valence-electron chi connectivity index (χ0n) is 13.0. The molecule has 1 N–H and O–H groups in total. The first kappa shape index (κ1) is 15.6. The lowest BCUT2D eigenvalue weighted by Crippen LogP contribution is -2.24. The highest BCUT2D eigenvalue weighted by Crippen LogP contribution is 2.26. The summed E-state index contributed by atoms with van der Waals surface area (Å²) in [6.45, 7) is 4.63. The van der Waals surface area contributed by atoms with Crippen molar-refractivity contribution in [1.82, 2.24) is 15.3 Å². The van der Waals surface area contributed by atoms with Crippen LogP contribution in [0, 0.1) is 6.92 Å². The first-order valence-electron chi connectivity index (χ1n) is 7.38. The Bertz CT molecular complexity index is 825. The molecule has 3 rings (SSSR count). The third kappa shape index (κ3) is 3.73. The van der Waals surface area contributed by atoms with Crippen LogP contribution in [-0.2, 0) is 5.75 Å². The van der Waals surface area contributed by atoms with Crippen molar-refractivity contribution in [2.24, 2.45) is 0 Å². The van der Waals surface area contributed by atoms with Gasteiger partial charge in [0.25, 0.3) is 11.1 Å². The van der Waals surface area contributed by atoms with Crippen molar-refractivity contribution >= 4 is 28.8 Å². The molecule has 120 valence electrons. The van der Waals surface area contributed by atoms with Gasteiger partial charge >= 0.3 is 0 Å². The van der Waals surface area contributed by atoms with E-state index < -0.39 is 0 Å². The molecule has 0 aliphatic rings. The fourth-order valence-electron chi connectivity index (χ4n) is 2.01. The van der Waals surface area contributed by atoms with Gasteiger partial charge < -0.3 is 14.2 Å². The molecule has 0 fully saturated rings. The molecule has 0 saturated heterocycles. The van der Waals surface area contributed by atoms with Crippen LogP contribution >= 0.6 is 11.8 Å². The van der Waals surface area contributed by atoms with Crippen LogP contribution in [0.4, 0.5) is 0 Å². The molecule has 23 heavy (non-hydrogen) atoms. The number of benzene rings is 1. The summed E-state index contributed by atoms with van der Waals surface area (Å²) in [5, 5.41) is 3.32. The number of hydrogen-bond acceptors (Lipinski definition) is 6. The molecule has 0 spiro atoms. The van der Waals surface area contributed by atoms with Crippen molar-refractivity contribution in [3.63, 3.8) is 0 Å². The molecule has 2 heterocycles. The second-order valence-electron chi connectivity index (χ2n) is 5.12. The average Bonchev–Trinajstić information content (AvgIpc) is 3.16. The van der Waals surface area contributed by atoms with Gasteiger partial charge in [-0.05, 0) is 31.0 Å². The van der Waals surface area contributed by atoms with Gasteiger partial charge in [-0.2, -0.15) is 0 Å². The summed E-state index contributed by atoms with van der Waals surface area (Å²) in [6.07, 6.45) is 2.25. The van der Waals surface area contributed by atoms with E-state index in [1.807, 2.05) is 32.0 Å². The Kier molecular flexibility index (Phi) is 4.66. The van der Waals surface area contributed by atoms with Crippen LogP contribution in [-0.4, -0.2) is 22.4 Å². The van der Waals surface area contributed by atoms with E-state index in [0.29, 0.717) is 29.1 Å². The maximum atomic E-state index is 11.8. The van der Waals surface area contributed by atoms with E-state index in [4.69, 9.17) is 8.83 Å². The monoisotopic (exact) mass is 331 g/mol. The second kappa shape index (κ2) is 6.87. The molecule has 0 aliphatic carbocycles. The van der Waals surface area contributed by atoms with E-state index in [0.717, 1.165) is 23.1 Å². The molecule has 6 nitrogen and oxygen atoms in total. The van der Waals surface area contributed by atoms with E-state index in [9.17, 15) is 4.79 Å². The Hall–Kier alpha value is -2.28. The highest BCUT2D eigenvalue weighted by atomic mass is 32.2. The topological polar surface area (TPSA) is 81.2 Å². The van der Waals surface area contributed by atoms with Crippen molar-refractivity contribution in [2.45, 2.75) is 31.2 Å². The molecule has 0 radical (unpaired) electrons. The van der Waals surface area contributed by atoms with Gasteiger partial charge in [0.15, 0.2) is 11.3 Å². The maximum absolute atomic E-state index is 11.8. The lowest BCUT2D eigenvalue weighted by atomic mass is 10.2. The highest BCUT2D eigenvalue weighted by Gasteiger charge is 2.13. The van der Waals surface area contributed by atoms with Crippen LogP contribution in [0.5, 0.6) is 0 Å². The summed E-state index contributed by atoms with van der Waals surface area (Å²) in [5.41, 5.74) is 3.02. The number of nitrogens with one attached hydrogen (secondary N) is 1. The zero-order valence-corrected chi connectivity index (χ0v) is 13.8. The summed E-state index contributed by atoms with van der Waals surface area (Å²) in [6, 6.07) is 5.87. The molecule has 7 heteroatoms. The summed E-state index contributed by atoms with van der Waals surface area (Å²) in [5.74, 6) is 0.701. The Labute approximate surface area is 137 Å². The van der Waals surface area contributed by atoms with Gasteiger partial charge in [-0.25, -0.2) is 9.97 Å². The average molecular weight is 331 g/mol. The first-order valence-corrected chi connectivity index (χ1v) is 8.37. The number of oxazole rings is 2. The van der Waals surface area contributed by atoms with Gasteiger partial charge in [0.05, 0.1) is 5.75 Å². The first-order chi connectivity index (χ1) is 11.2. The van der Waals surface area contributed by atoms with E-state index in [2.05, 4.69) is 15.3 Å². The zero-order chi connectivity index (χ0) is 16.2. The number of carbonyl (C=O) groups excluding carboxylic acids is 1. The molecule has 0 bridgehead atoms. The number of nitrogens with zero attached hydrogens (tertiary/aromatic N) is 2. The fourth-order valence-corrected chi connectivity index (χ4v) is 2.70. The molecular formula is C16H17N3O3S. The predicted octanol–water partition coefficient (Wildman–Crippen LogP) is 3.56. The van der Waals surface area contributed by atoms with Crippen LogP contribution < -0.4 is 5.32 Å². The second-order valence-corrected chi connectivity index (χ2v) is 6.05. The van der Waals surface area contributed by atoms with E-state index >= 15 is 0 Å². The molecule has 0 saturated carbocycles. The lowest BCUT2D eigenvalue weighted by Gasteiger charge is -1.97. The number of thioether (sulfide) groups is 1. The van der Waals surface area contributed by atoms with Crippen molar-refractivity contribution in [3.05, 3.63) is 41.6 Å². The van der Waals surface area contributed by atoms with E-state index in [1.165, 1.54) is 18.0 Å². The van der Waals surface area contributed by atoms with Crippen LogP contribution in [0.15, 0.2) is 38.5 Å². The Morgan fingerprint density at radius 3 is 3.04 bits per heavy atom. The summed E-state index contributed by atoms with van der Waals surface area (Å²) < 4.78 is 11.0. The van der Waals surface area contributed by atoms with Crippen molar-refractivity contribution in [3.8, 4) is 0 Å². The van der Waals surface area contributed by atoms with Crippen molar-refractivity contribution < 1.29 is 13.6 Å². The van der Waals surface area contributed by atoms with Gasteiger partial charge in [0.2, 0.25) is 5.89 Å². The van der Waals surface area contributed by atoms with E-state index in [1.54, 1.807) is 0 Å². The smallest absolute Gasteiger partial charge is 0.273 e. The van der Waals surface area contributed by atoms with Gasteiger partial charge in [-0.3, -0.25) is 4.79 Å². The van der Waals surface area contributed by atoms with Crippen LogP contribution in [0.2, 0.25) is 0 Å². The number of carbonyl (C=O) groups is 1. The van der Waals surface area contributed by atoms with Crippen molar-refractivity contribution in [1.29, 1.82) is 0 Å². The van der Waals surface area contributed by atoms with Crippen molar-refractivity contribution in [2.75, 3.05) is 6.54 Å². The van der Waals surface area contributed by atoms with Gasteiger partial charge in [0, 0.05) is 6.54 Å². The molecular weight excluding hydrogens is 314 g/mol. The Morgan fingerprint density at radius 2 is 2.22 bits per heavy atom. The Balaban J connectivity index is 1.63. The minimum Gasteiger partial charge on any atom is -0.447 e. The standard InChI is InChI=1S/C16H17N3O3S/c1-3-6-17-15(20)12-8-21-14(18-12)9-23-16-19-11-7-10(2)4-5-13(11)22-16/h4-5,7-8H,3,6,9H2,1-2H3,(H,17,20). The third-order valence-electron chi connectivity index (χ3n) is 3.16. The van der Waals surface area contributed by atoms with Crippen LogP contribution in [0.25, 0.3) is 11.1 Å². The third-order valence-corrected chi connectivity index (χ3v) is 3.98. The van der Waals surface area contributed by atoms with Gasteiger partial charge in [-0.1, -0.05) is 24.8 Å². The molecule has 1 aromatic carbocycles. The largest absolute Gasteiger partial charge is 0.447 e. The Morgan fingerprint density at radius 1 is 1.35 bits per heavy atom. The number of aryl methyl sites for hydroxylation is 1. The fraction of sp³-hybridized carbons (Fsp3) is 0.312. The minimum absolute atomic E-state index is 0.218. The number of fused-ring (bicyclic) bond motifs is 1. The quantitative estimate of drug-likeness (QED) is 0.696. The molecule has 3 aromatic rings. The number of amides is 1. The van der Waals surface area contributed by atoms with Crippen LogP contribution in [0.3, 0.4) is 0 Å². The van der Waals surface area contributed by atoms with Gasteiger partial charge in [0.1, 0.15) is 11.8 Å². The molecule has 0 aliphatic heterocycles. The molecule has 0 unspecified atom stereocenters. The summed E-state index contributed by atoms with van der Waals surface area (Å²) >= 11 is 1.38. The molecule has 1 amide bonds. The summed E-state index contributed by atoms with van der Waals surface area (Å²) in [4.78, 5) is 20.4. The number of rotatable bonds is 6. The lowest BCUT2D eigenvalue weighted by molar-refractivity contribution is 0.0948. The van der Waals surface area contributed by atoms with E-state index in [-0.39, 0.29) is 5.91 Å². The maximum Gasteiger partial charge on any atom is 0.273 e. The molecule has 0 atom stereocenters. The summed E-state index contributed by atoms with van der Waals surface area (Å²) in [7, 11) is 0. The minimum atomic E-state index is -0.218. The SMILES string of the molecule is CCCNC(=O)c1coc(CSc2nc3cc(C)ccc3o2)n1. The number of hydrogen-bond donors (Lipinski definition) is 1. The van der Waals surface area contributed by atoms with Crippen LogP contribution in [0.1, 0.15) is 35.3 Å². The normalized spacial score (nSPS) is 11.0. The van der Waals surface area contributed by atoms with Gasteiger partial charge in [-0.15, -0.1) is 0 Å². The highest BCUT2D eigenvalue weighted by molar-refractivity contribution is 7.98. The number of aromatic nitrogens is 2. The predicted molar refractivity (Wildman–Crippen MR) is 87.4 cm³/mol. The molecule has 2 aromatic heterocycles.